The van der Waals surface area contributed by atoms with Gasteiger partial charge in [0, 0.05) is 0 Å². The molecule has 19 heavy (non-hydrogen) atoms. The van der Waals surface area contributed by atoms with Crippen molar-refractivity contribution in [2.75, 3.05) is 0 Å². The summed E-state index contributed by atoms with van der Waals surface area (Å²) in [4.78, 5) is 23.1. The van der Waals surface area contributed by atoms with Gasteiger partial charge in [-0.15, -0.1) is 0 Å². The quantitative estimate of drug-likeness (QED) is 0.825. The lowest BCUT2D eigenvalue weighted by Gasteiger charge is -2.29. The van der Waals surface area contributed by atoms with Gasteiger partial charge >= 0.3 is 12.1 Å². The summed E-state index contributed by atoms with van der Waals surface area (Å²) in [6, 6.07) is -0.815. The van der Waals surface area contributed by atoms with E-state index in [2.05, 4.69) is 5.32 Å². The molecule has 5 nitrogen and oxygen atoms in total. The van der Waals surface area contributed by atoms with Crippen molar-refractivity contribution in [2.45, 2.75) is 58.1 Å². The van der Waals surface area contributed by atoms with E-state index in [1.807, 2.05) is 0 Å². The number of hydrogen-bond donors (Lipinski definition) is 2. The predicted octanol–water partition coefficient (Wildman–Crippen LogP) is 2.40. The largest absolute Gasteiger partial charge is 0.480 e. The van der Waals surface area contributed by atoms with E-state index in [1.54, 1.807) is 20.8 Å². The van der Waals surface area contributed by atoms with Crippen LogP contribution in [0.3, 0.4) is 0 Å². The highest BCUT2D eigenvalue weighted by Gasteiger charge is 2.46. The van der Waals surface area contributed by atoms with E-state index < -0.39 is 23.7 Å². The second kappa shape index (κ2) is 5.02. The molecular weight excluding hydrogens is 246 g/mol. The maximum atomic E-state index is 11.7. The minimum Gasteiger partial charge on any atom is -0.480 e. The van der Waals surface area contributed by atoms with E-state index in [9.17, 15) is 14.7 Å². The number of carbonyl (C=O) groups is 2. The molecule has 4 unspecified atom stereocenters. The van der Waals surface area contributed by atoms with Crippen LogP contribution in [0.5, 0.6) is 0 Å². The fourth-order valence-corrected chi connectivity index (χ4v) is 3.49. The summed E-state index contributed by atoms with van der Waals surface area (Å²) in [6.07, 6.45) is 3.69. The zero-order chi connectivity index (χ0) is 14.2. The summed E-state index contributed by atoms with van der Waals surface area (Å²) in [7, 11) is 0. The summed E-state index contributed by atoms with van der Waals surface area (Å²) in [6.45, 7) is 5.29. The highest BCUT2D eigenvalue weighted by Crippen LogP contribution is 2.49. The first kappa shape index (κ1) is 14.2. The number of alkyl carbamates (subject to hydrolysis) is 1. The number of carbonyl (C=O) groups excluding carboxylic acids is 1. The Morgan fingerprint density at radius 2 is 1.95 bits per heavy atom. The molecule has 0 aromatic rings. The van der Waals surface area contributed by atoms with E-state index in [0.717, 1.165) is 19.3 Å². The van der Waals surface area contributed by atoms with Crippen molar-refractivity contribution in [3.05, 3.63) is 0 Å². The lowest BCUT2D eigenvalue weighted by Crippen LogP contribution is -2.49. The fourth-order valence-electron chi connectivity index (χ4n) is 3.49. The van der Waals surface area contributed by atoms with Crippen molar-refractivity contribution in [3.8, 4) is 0 Å². The normalized spacial score (nSPS) is 31.0. The Morgan fingerprint density at radius 3 is 2.37 bits per heavy atom. The van der Waals surface area contributed by atoms with Gasteiger partial charge in [-0.3, -0.25) is 0 Å². The monoisotopic (exact) mass is 269 g/mol. The molecule has 0 spiro atoms. The van der Waals surface area contributed by atoms with E-state index in [-0.39, 0.29) is 5.92 Å². The molecule has 2 aliphatic carbocycles. The molecule has 2 aliphatic rings. The minimum absolute atomic E-state index is 0.0590. The Bertz CT molecular complexity index is 374. The molecular formula is C14H23NO4. The van der Waals surface area contributed by atoms with Gasteiger partial charge in [0.2, 0.25) is 0 Å². The molecule has 1 amide bonds. The summed E-state index contributed by atoms with van der Waals surface area (Å²) in [5.41, 5.74) is -0.609. The summed E-state index contributed by atoms with van der Waals surface area (Å²) in [5.74, 6) is 0.200. The molecule has 2 N–H and O–H groups in total. The number of hydrogen-bond acceptors (Lipinski definition) is 3. The summed E-state index contributed by atoms with van der Waals surface area (Å²) in [5, 5.41) is 11.9. The first-order chi connectivity index (χ1) is 8.76. The van der Waals surface area contributed by atoms with Crippen LogP contribution in [0.15, 0.2) is 0 Å². The van der Waals surface area contributed by atoms with Crippen molar-refractivity contribution < 1.29 is 19.4 Å². The van der Waals surface area contributed by atoms with E-state index >= 15 is 0 Å². The van der Waals surface area contributed by atoms with Crippen molar-refractivity contribution in [2.24, 2.45) is 17.8 Å². The minimum atomic E-state index is -0.955. The van der Waals surface area contributed by atoms with Crippen molar-refractivity contribution in [1.82, 2.24) is 5.32 Å². The lowest BCUT2D eigenvalue weighted by atomic mass is 9.83. The molecule has 108 valence electrons. The second-order valence-electron chi connectivity index (χ2n) is 6.80. The molecule has 2 saturated carbocycles. The molecule has 0 aromatic heterocycles. The highest BCUT2D eigenvalue weighted by molar-refractivity contribution is 5.80. The summed E-state index contributed by atoms with van der Waals surface area (Å²) >= 11 is 0. The molecule has 0 heterocycles. The van der Waals surface area contributed by atoms with E-state index in [0.29, 0.717) is 11.8 Å². The van der Waals surface area contributed by atoms with Gasteiger partial charge in [-0.05, 0) is 57.8 Å². The van der Waals surface area contributed by atoms with Crippen LogP contribution in [0, 0.1) is 17.8 Å². The average Bonchev–Trinajstić information content (AvgIpc) is 2.84. The third-order valence-electron chi connectivity index (χ3n) is 4.16. The van der Waals surface area contributed by atoms with Crippen LogP contribution in [0.2, 0.25) is 0 Å². The number of amides is 1. The Morgan fingerprint density at radius 1 is 1.26 bits per heavy atom. The number of carboxylic acid groups (broad SMARTS) is 1. The molecule has 4 atom stereocenters. The smallest absolute Gasteiger partial charge is 0.408 e. The Labute approximate surface area is 113 Å². The number of aliphatic carboxylic acids is 1. The highest BCUT2D eigenvalue weighted by atomic mass is 16.6. The van der Waals surface area contributed by atoms with Gasteiger partial charge < -0.3 is 15.2 Å². The molecule has 0 aromatic carbocycles. The Kier molecular flexibility index (Phi) is 3.74. The van der Waals surface area contributed by atoms with Gasteiger partial charge in [-0.1, -0.05) is 6.42 Å². The van der Waals surface area contributed by atoms with Crippen LogP contribution in [-0.4, -0.2) is 28.8 Å². The van der Waals surface area contributed by atoms with Crippen LogP contribution >= 0.6 is 0 Å². The first-order valence-electron chi connectivity index (χ1n) is 6.98. The van der Waals surface area contributed by atoms with Crippen LogP contribution < -0.4 is 5.32 Å². The van der Waals surface area contributed by atoms with Crippen LogP contribution in [0.25, 0.3) is 0 Å². The number of nitrogens with one attached hydrogen (secondary N) is 1. The van der Waals surface area contributed by atoms with Gasteiger partial charge in [-0.25, -0.2) is 9.59 Å². The van der Waals surface area contributed by atoms with Crippen LogP contribution in [0.4, 0.5) is 4.79 Å². The maximum absolute atomic E-state index is 11.7. The number of fused-ring (bicyclic) bond motifs is 2. The van der Waals surface area contributed by atoms with Crippen molar-refractivity contribution in [3.63, 3.8) is 0 Å². The zero-order valence-electron chi connectivity index (χ0n) is 11.8. The third-order valence-corrected chi connectivity index (χ3v) is 4.16. The molecule has 0 radical (unpaired) electrons. The standard InChI is InChI=1S/C14H23NO4/c1-14(2,3)19-13(18)15-11(12(16)17)10-7-8-4-5-9(10)6-8/h8-11H,4-7H2,1-3H3,(H,15,18)(H,16,17). The van der Waals surface area contributed by atoms with Crippen molar-refractivity contribution in [1.29, 1.82) is 0 Å². The second-order valence-corrected chi connectivity index (χ2v) is 6.80. The molecule has 5 heteroatoms. The molecule has 2 rings (SSSR count). The van der Waals surface area contributed by atoms with Gasteiger partial charge in [0.15, 0.2) is 0 Å². The lowest BCUT2D eigenvalue weighted by molar-refractivity contribution is -0.141. The van der Waals surface area contributed by atoms with Gasteiger partial charge in [0.1, 0.15) is 11.6 Å². The number of ether oxygens (including phenoxy) is 1. The van der Waals surface area contributed by atoms with E-state index in [1.165, 1.54) is 6.42 Å². The first-order valence-corrected chi connectivity index (χ1v) is 6.98. The Hall–Kier alpha value is -1.26. The van der Waals surface area contributed by atoms with Crippen molar-refractivity contribution >= 4 is 12.1 Å². The van der Waals surface area contributed by atoms with Crippen LogP contribution in [0.1, 0.15) is 46.5 Å². The third kappa shape index (κ3) is 3.39. The molecule has 0 aliphatic heterocycles. The van der Waals surface area contributed by atoms with Gasteiger partial charge in [-0.2, -0.15) is 0 Å². The molecule has 2 bridgehead atoms. The number of carboxylic acids is 1. The fraction of sp³-hybridized carbons (Fsp3) is 0.857. The van der Waals surface area contributed by atoms with Gasteiger partial charge in [0.05, 0.1) is 0 Å². The zero-order valence-corrected chi connectivity index (χ0v) is 11.8. The summed E-state index contributed by atoms with van der Waals surface area (Å²) < 4.78 is 5.14. The maximum Gasteiger partial charge on any atom is 0.408 e. The molecule has 0 saturated heterocycles. The van der Waals surface area contributed by atoms with Gasteiger partial charge in [0.25, 0.3) is 0 Å². The van der Waals surface area contributed by atoms with E-state index in [4.69, 9.17) is 4.74 Å². The Balaban J connectivity index is 1.97. The predicted molar refractivity (Wildman–Crippen MR) is 69.7 cm³/mol. The number of rotatable bonds is 3. The SMILES string of the molecule is CC(C)(C)OC(=O)NC(C(=O)O)C1CC2CCC1C2. The topological polar surface area (TPSA) is 75.6 Å². The molecule has 2 fully saturated rings. The van der Waals surface area contributed by atoms with Crippen LogP contribution in [-0.2, 0) is 9.53 Å². The average molecular weight is 269 g/mol.